The number of nitrogens with one attached hydrogen (secondary N) is 1. The fraction of sp³-hybridized carbons (Fsp3) is 1.00. The second-order valence-corrected chi connectivity index (χ2v) is 4.12. The van der Waals surface area contributed by atoms with E-state index in [-0.39, 0.29) is 0 Å². The van der Waals surface area contributed by atoms with Crippen molar-refractivity contribution >= 4 is 0 Å². The highest BCUT2D eigenvalue weighted by molar-refractivity contribution is 4.87. The Balaban J connectivity index is 2.48. The van der Waals surface area contributed by atoms with Gasteiger partial charge in [-0.15, -0.1) is 0 Å². The van der Waals surface area contributed by atoms with E-state index >= 15 is 0 Å². The summed E-state index contributed by atoms with van der Waals surface area (Å²) in [5, 5.41) is 3.75. The molecule has 1 unspecified atom stereocenters. The van der Waals surface area contributed by atoms with Crippen molar-refractivity contribution in [3.05, 3.63) is 0 Å². The Morgan fingerprint density at radius 1 is 1.17 bits per heavy atom. The maximum Gasteiger partial charge on any atom is 0.0178 e. The van der Waals surface area contributed by atoms with Gasteiger partial charge in [0.25, 0.3) is 0 Å². The first kappa shape index (κ1) is 10.0. The Bertz CT molecular complexity index is 112. The molecule has 1 heteroatoms. The molecule has 1 aliphatic heterocycles. The van der Waals surface area contributed by atoms with Gasteiger partial charge in [0.05, 0.1) is 0 Å². The van der Waals surface area contributed by atoms with Gasteiger partial charge in [-0.05, 0) is 32.2 Å². The molecule has 1 rings (SSSR count). The van der Waals surface area contributed by atoms with Crippen LogP contribution in [0.3, 0.4) is 0 Å². The van der Waals surface area contributed by atoms with Crippen LogP contribution in [0.1, 0.15) is 58.8 Å². The zero-order valence-electron chi connectivity index (χ0n) is 8.66. The number of hydrogen-bond acceptors (Lipinski definition) is 1. The van der Waals surface area contributed by atoms with Crippen molar-refractivity contribution < 1.29 is 0 Å². The molecular weight excluding hydrogens is 146 g/mol. The van der Waals surface area contributed by atoms with Gasteiger partial charge in [0, 0.05) is 5.54 Å². The summed E-state index contributed by atoms with van der Waals surface area (Å²) >= 11 is 0. The lowest BCUT2D eigenvalue weighted by Gasteiger charge is -2.32. The van der Waals surface area contributed by atoms with E-state index in [0.717, 1.165) is 0 Å². The molecule has 1 fully saturated rings. The van der Waals surface area contributed by atoms with Gasteiger partial charge >= 0.3 is 0 Å². The molecule has 0 aromatic rings. The summed E-state index contributed by atoms with van der Waals surface area (Å²) in [4.78, 5) is 0. The molecule has 0 radical (unpaired) electrons. The Hall–Kier alpha value is -0.0400. The molecule has 0 aromatic heterocycles. The topological polar surface area (TPSA) is 12.0 Å². The summed E-state index contributed by atoms with van der Waals surface area (Å²) in [5.74, 6) is 0. The van der Waals surface area contributed by atoms with Crippen LogP contribution < -0.4 is 5.32 Å². The largest absolute Gasteiger partial charge is 0.311 e. The van der Waals surface area contributed by atoms with Gasteiger partial charge in [-0.2, -0.15) is 0 Å². The van der Waals surface area contributed by atoms with Crippen molar-refractivity contribution in [3.8, 4) is 0 Å². The quantitative estimate of drug-likeness (QED) is 0.684. The minimum absolute atomic E-state index is 0.505. The SMILES string of the molecule is CCCC1(CC)CCCCCN1. The zero-order valence-corrected chi connectivity index (χ0v) is 8.66. The summed E-state index contributed by atoms with van der Waals surface area (Å²) in [6.07, 6.45) is 9.63. The lowest BCUT2D eigenvalue weighted by molar-refractivity contribution is 0.280. The Kier molecular flexibility index (Phi) is 4.07. The summed E-state index contributed by atoms with van der Waals surface area (Å²) in [6, 6.07) is 0. The third-order valence-corrected chi connectivity index (χ3v) is 3.24. The molecule has 1 atom stereocenters. The van der Waals surface area contributed by atoms with Gasteiger partial charge in [0.15, 0.2) is 0 Å². The Morgan fingerprint density at radius 3 is 2.67 bits per heavy atom. The maximum absolute atomic E-state index is 3.75. The van der Waals surface area contributed by atoms with Crippen LogP contribution in [0, 0.1) is 0 Å². The molecule has 1 N–H and O–H groups in total. The molecule has 0 amide bonds. The highest BCUT2D eigenvalue weighted by atomic mass is 15.0. The first-order valence-corrected chi connectivity index (χ1v) is 5.58. The van der Waals surface area contributed by atoms with Crippen molar-refractivity contribution in [2.45, 2.75) is 64.3 Å². The van der Waals surface area contributed by atoms with Crippen LogP contribution in [0.15, 0.2) is 0 Å². The molecule has 0 aliphatic carbocycles. The van der Waals surface area contributed by atoms with E-state index in [9.17, 15) is 0 Å². The second kappa shape index (κ2) is 4.86. The fourth-order valence-electron chi connectivity index (χ4n) is 2.38. The maximum atomic E-state index is 3.75. The van der Waals surface area contributed by atoms with Gasteiger partial charge < -0.3 is 5.32 Å². The minimum atomic E-state index is 0.505. The van der Waals surface area contributed by atoms with Crippen LogP contribution in [-0.2, 0) is 0 Å². The molecule has 0 saturated carbocycles. The van der Waals surface area contributed by atoms with Crippen molar-refractivity contribution in [1.29, 1.82) is 0 Å². The van der Waals surface area contributed by atoms with E-state index in [2.05, 4.69) is 19.2 Å². The summed E-state index contributed by atoms with van der Waals surface area (Å²) < 4.78 is 0. The molecule has 12 heavy (non-hydrogen) atoms. The minimum Gasteiger partial charge on any atom is -0.311 e. The van der Waals surface area contributed by atoms with E-state index in [1.165, 1.54) is 51.5 Å². The van der Waals surface area contributed by atoms with Crippen LogP contribution in [-0.4, -0.2) is 12.1 Å². The summed E-state index contributed by atoms with van der Waals surface area (Å²) in [7, 11) is 0. The fourth-order valence-corrected chi connectivity index (χ4v) is 2.38. The average molecular weight is 169 g/mol. The highest BCUT2D eigenvalue weighted by Crippen LogP contribution is 2.26. The smallest absolute Gasteiger partial charge is 0.0178 e. The van der Waals surface area contributed by atoms with Gasteiger partial charge in [-0.25, -0.2) is 0 Å². The lowest BCUT2D eigenvalue weighted by atomic mass is 9.86. The summed E-state index contributed by atoms with van der Waals surface area (Å²) in [5.41, 5.74) is 0.505. The van der Waals surface area contributed by atoms with Crippen molar-refractivity contribution in [1.82, 2.24) is 5.32 Å². The van der Waals surface area contributed by atoms with E-state index in [1.807, 2.05) is 0 Å². The molecule has 1 nitrogen and oxygen atoms in total. The van der Waals surface area contributed by atoms with E-state index in [1.54, 1.807) is 0 Å². The summed E-state index contributed by atoms with van der Waals surface area (Å²) in [6.45, 7) is 5.87. The van der Waals surface area contributed by atoms with E-state index in [0.29, 0.717) is 5.54 Å². The molecule has 72 valence electrons. The average Bonchev–Trinajstić information content (AvgIpc) is 2.32. The standard InChI is InChI=1S/C11H23N/c1-3-8-11(4-2)9-6-5-7-10-12-11/h12H,3-10H2,1-2H3. The van der Waals surface area contributed by atoms with Gasteiger partial charge in [-0.3, -0.25) is 0 Å². The molecular formula is C11H23N. The predicted octanol–water partition coefficient (Wildman–Crippen LogP) is 3.10. The molecule has 0 spiro atoms. The molecule has 1 aliphatic rings. The zero-order chi connectivity index (χ0) is 8.86. The van der Waals surface area contributed by atoms with Crippen LogP contribution in [0.4, 0.5) is 0 Å². The molecule has 0 aromatic carbocycles. The highest BCUT2D eigenvalue weighted by Gasteiger charge is 2.26. The Labute approximate surface area is 76.9 Å². The number of hydrogen-bond donors (Lipinski definition) is 1. The first-order chi connectivity index (χ1) is 5.83. The Morgan fingerprint density at radius 2 is 2.00 bits per heavy atom. The molecule has 1 heterocycles. The van der Waals surface area contributed by atoms with Crippen LogP contribution in [0.2, 0.25) is 0 Å². The van der Waals surface area contributed by atoms with E-state index in [4.69, 9.17) is 0 Å². The van der Waals surface area contributed by atoms with Crippen molar-refractivity contribution in [3.63, 3.8) is 0 Å². The monoisotopic (exact) mass is 169 g/mol. The lowest BCUT2D eigenvalue weighted by Crippen LogP contribution is -2.43. The molecule has 0 bridgehead atoms. The third-order valence-electron chi connectivity index (χ3n) is 3.24. The second-order valence-electron chi connectivity index (χ2n) is 4.12. The van der Waals surface area contributed by atoms with Crippen molar-refractivity contribution in [2.75, 3.05) is 6.54 Å². The van der Waals surface area contributed by atoms with Gasteiger partial charge in [-0.1, -0.05) is 33.1 Å². The van der Waals surface area contributed by atoms with Crippen molar-refractivity contribution in [2.24, 2.45) is 0 Å². The molecule has 1 saturated heterocycles. The first-order valence-electron chi connectivity index (χ1n) is 5.58. The van der Waals surface area contributed by atoms with Crippen LogP contribution >= 0.6 is 0 Å². The van der Waals surface area contributed by atoms with Gasteiger partial charge in [0.1, 0.15) is 0 Å². The third kappa shape index (κ3) is 2.48. The van der Waals surface area contributed by atoms with Crippen LogP contribution in [0.25, 0.3) is 0 Å². The van der Waals surface area contributed by atoms with E-state index < -0.39 is 0 Å². The number of rotatable bonds is 3. The predicted molar refractivity (Wildman–Crippen MR) is 54.4 cm³/mol. The van der Waals surface area contributed by atoms with Crippen LogP contribution in [0.5, 0.6) is 0 Å². The normalized spacial score (nSPS) is 31.5. The van der Waals surface area contributed by atoms with Gasteiger partial charge in [0.2, 0.25) is 0 Å².